The Labute approximate surface area is 147 Å². The first-order chi connectivity index (χ1) is 11.8. The molecule has 1 saturated heterocycles. The van der Waals surface area contributed by atoms with Gasteiger partial charge in [0.05, 0.1) is 6.10 Å². The van der Waals surface area contributed by atoms with Crippen molar-refractivity contribution in [3.05, 3.63) is 23.8 Å². The van der Waals surface area contributed by atoms with Crippen molar-refractivity contribution in [3.8, 4) is 0 Å². The number of nitrogens with two attached hydrogens (primary N) is 1. The molecule has 1 aliphatic carbocycles. The third-order valence-electron chi connectivity index (χ3n) is 6.32. The lowest BCUT2D eigenvalue weighted by molar-refractivity contribution is -0.222. The zero-order chi connectivity index (χ0) is 17.8. The monoisotopic (exact) mass is 343 g/mol. The molecule has 6 heteroatoms. The molecule has 6 nitrogen and oxygen atoms in total. The van der Waals surface area contributed by atoms with E-state index in [1.54, 1.807) is 0 Å². The highest BCUT2D eigenvalue weighted by atomic mass is 16.5. The highest BCUT2D eigenvalue weighted by molar-refractivity contribution is 6.01. The lowest BCUT2D eigenvalue weighted by atomic mass is 9.46. The lowest BCUT2D eigenvalue weighted by Gasteiger charge is -2.65. The molecule has 1 aromatic rings. The van der Waals surface area contributed by atoms with E-state index >= 15 is 0 Å². The number of ether oxygens (including phenoxy) is 1. The molecule has 3 aliphatic rings. The zero-order valence-corrected chi connectivity index (χ0v) is 14.7. The van der Waals surface area contributed by atoms with Crippen LogP contribution in [0.5, 0.6) is 0 Å². The van der Waals surface area contributed by atoms with Gasteiger partial charge in [-0.3, -0.25) is 9.59 Å². The number of nitrogens with one attached hydrogen (secondary N) is 2. The number of fused-ring (bicyclic) bond motifs is 2. The Balaban J connectivity index is 1.55. The van der Waals surface area contributed by atoms with E-state index in [2.05, 4.69) is 10.6 Å². The van der Waals surface area contributed by atoms with Crippen LogP contribution >= 0.6 is 0 Å². The fourth-order valence-electron chi connectivity index (χ4n) is 4.73. The molecule has 3 unspecified atom stereocenters. The fourth-order valence-corrected chi connectivity index (χ4v) is 4.73. The Morgan fingerprint density at radius 3 is 2.96 bits per heavy atom. The van der Waals surface area contributed by atoms with Crippen molar-refractivity contribution >= 4 is 23.2 Å². The number of hydrogen-bond acceptors (Lipinski definition) is 4. The van der Waals surface area contributed by atoms with E-state index < -0.39 is 11.0 Å². The van der Waals surface area contributed by atoms with Crippen molar-refractivity contribution in [3.63, 3.8) is 0 Å². The second kappa shape index (κ2) is 5.54. The normalized spacial score (nSPS) is 32.7. The molecular weight excluding hydrogens is 318 g/mol. The Morgan fingerprint density at radius 1 is 1.36 bits per heavy atom. The first-order valence-electron chi connectivity index (χ1n) is 8.99. The van der Waals surface area contributed by atoms with Crippen molar-refractivity contribution in [2.75, 3.05) is 17.2 Å². The molecule has 4 N–H and O–H groups in total. The minimum absolute atomic E-state index is 0.0322. The van der Waals surface area contributed by atoms with Gasteiger partial charge in [-0.25, -0.2) is 0 Å². The predicted octanol–water partition coefficient (Wildman–Crippen LogP) is 2.04. The van der Waals surface area contributed by atoms with E-state index in [4.69, 9.17) is 10.5 Å². The van der Waals surface area contributed by atoms with Crippen LogP contribution in [0.2, 0.25) is 0 Å². The molecular formula is C19H25N3O3. The van der Waals surface area contributed by atoms with E-state index in [-0.39, 0.29) is 23.8 Å². The summed E-state index contributed by atoms with van der Waals surface area (Å²) < 4.78 is 5.87. The van der Waals surface area contributed by atoms with Crippen LogP contribution in [-0.2, 0) is 20.7 Å². The summed E-state index contributed by atoms with van der Waals surface area (Å²) in [6.45, 7) is 4.78. The molecule has 25 heavy (non-hydrogen) atoms. The maximum Gasteiger partial charge on any atom is 0.245 e. The average Bonchev–Trinajstić information content (AvgIpc) is 2.61. The number of aryl methyl sites for hydroxylation is 1. The average molecular weight is 343 g/mol. The van der Waals surface area contributed by atoms with Crippen LogP contribution in [-0.4, -0.2) is 30.1 Å². The van der Waals surface area contributed by atoms with Gasteiger partial charge in [-0.1, -0.05) is 13.8 Å². The number of carbonyl (C=O) groups excluding carboxylic acids is 2. The summed E-state index contributed by atoms with van der Waals surface area (Å²) in [5.41, 5.74) is 7.89. The van der Waals surface area contributed by atoms with Crippen molar-refractivity contribution in [1.29, 1.82) is 0 Å². The van der Waals surface area contributed by atoms with E-state index in [9.17, 15) is 9.59 Å². The molecule has 2 heterocycles. The van der Waals surface area contributed by atoms with Crippen molar-refractivity contribution in [2.24, 2.45) is 17.1 Å². The van der Waals surface area contributed by atoms with Crippen LogP contribution in [0, 0.1) is 11.3 Å². The summed E-state index contributed by atoms with van der Waals surface area (Å²) in [7, 11) is 0. The number of carbonyl (C=O) groups is 2. The molecule has 2 amide bonds. The van der Waals surface area contributed by atoms with Crippen LogP contribution in [0.4, 0.5) is 11.4 Å². The number of rotatable bonds is 2. The molecule has 0 radical (unpaired) electrons. The van der Waals surface area contributed by atoms with Gasteiger partial charge < -0.3 is 21.1 Å². The zero-order valence-electron chi connectivity index (χ0n) is 14.7. The van der Waals surface area contributed by atoms with E-state index in [0.29, 0.717) is 12.8 Å². The molecule has 2 fully saturated rings. The van der Waals surface area contributed by atoms with Gasteiger partial charge in [0, 0.05) is 35.7 Å². The summed E-state index contributed by atoms with van der Waals surface area (Å²) in [6, 6.07) is 5.58. The predicted molar refractivity (Wildman–Crippen MR) is 95.2 cm³/mol. The number of anilines is 2. The summed E-state index contributed by atoms with van der Waals surface area (Å²) in [5.74, 6) is -0.0537. The topological polar surface area (TPSA) is 93.4 Å². The third kappa shape index (κ3) is 2.31. The van der Waals surface area contributed by atoms with Gasteiger partial charge in [-0.15, -0.1) is 0 Å². The molecule has 2 aliphatic heterocycles. The standard InChI is InChI=1S/C19H25N3O3/c1-18(2)16-13(4-3-9-25-16)19(18,20)17(24)21-12-6-7-14-11(10-12)5-8-15(23)22-14/h6-7,10,13,16H,3-5,8-9,20H2,1-2H3,(H,21,24)(H,22,23). The lowest BCUT2D eigenvalue weighted by Crippen LogP contribution is -2.81. The van der Waals surface area contributed by atoms with Crippen LogP contribution in [0.3, 0.4) is 0 Å². The highest BCUT2D eigenvalue weighted by Crippen LogP contribution is 2.57. The third-order valence-corrected chi connectivity index (χ3v) is 6.32. The second-order valence-electron chi connectivity index (χ2n) is 8.01. The first kappa shape index (κ1) is 16.5. The minimum Gasteiger partial charge on any atom is -0.377 e. The van der Waals surface area contributed by atoms with E-state index in [1.807, 2.05) is 32.0 Å². The van der Waals surface area contributed by atoms with Gasteiger partial charge in [-0.05, 0) is 43.0 Å². The molecule has 1 aromatic carbocycles. The Morgan fingerprint density at radius 2 is 2.16 bits per heavy atom. The Hall–Kier alpha value is -1.92. The van der Waals surface area contributed by atoms with Gasteiger partial charge in [0.15, 0.2) is 0 Å². The van der Waals surface area contributed by atoms with E-state index in [0.717, 1.165) is 36.4 Å². The van der Waals surface area contributed by atoms with E-state index in [1.165, 1.54) is 0 Å². The van der Waals surface area contributed by atoms with Gasteiger partial charge in [0.2, 0.25) is 11.8 Å². The first-order valence-corrected chi connectivity index (χ1v) is 8.99. The van der Waals surface area contributed by atoms with Gasteiger partial charge in [0.1, 0.15) is 5.54 Å². The van der Waals surface area contributed by atoms with Crippen LogP contribution in [0.25, 0.3) is 0 Å². The molecule has 0 bridgehead atoms. The van der Waals surface area contributed by atoms with Gasteiger partial charge in [0.25, 0.3) is 0 Å². The smallest absolute Gasteiger partial charge is 0.245 e. The van der Waals surface area contributed by atoms with Gasteiger partial charge >= 0.3 is 0 Å². The fraction of sp³-hybridized carbons (Fsp3) is 0.579. The summed E-state index contributed by atoms with van der Waals surface area (Å²) in [4.78, 5) is 24.5. The summed E-state index contributed by atoms with van der Waals surface area (Å²) in [5, 5.41) is 5.85. The molecule has 0 aromatic heterocycles. The largest absolute Gasteiger partial charge is 0.377 e. The quantitative estimate of drug-likeness (QED) is 0.766. The van der Waals surface area contributed by atoms with Gasteiger partial charge in [-0.2, -0.15) is 0 Å². The molecule has 0 spiro atoms. The molecule has 134 valence electrons. The SMILES string of the molecule is CC1(C)C2OCCCC2C1(N)C(=O)Nc1ccc2c(c1)CCC(=O)N2. The van der Waals surface area contributed by atoms with Crippen LogP contribution in [0.1, 0.15) is 38.7 Å². The number of hydrogen-bond donors (Lipinski definition) is 3. The second-order valence-corrected chi connectivity index (χ2v) is 8.01. The molecule has 1 saturated carbocycles. The Kier molecular flexibility index (Phi) is 3.67. The number of benzene rings is 1. The molecule has 3 atom stereocenters. The van der Waals surface area contributed by atoms with Crippen molar-refractivity contribution < 1.29 is 14.3 Å². The summed E-state index contributed by atoms with van der Waals surface area (Å²) in [6.07, 6.45) is 3.08. The minimum atomic E-state index is -0.928. The van der Waals surface area contributed by atoms with Crippen LogP contribution < -0.4 is 16.4 Å². The number of amides is 2. The van der Waals surface area contributed by atoms with Crippen LogP contribution in [0.15, 0.2) is 18.2 Å². The molecule has 4 rings (SSSR count). The maximum absolute atomic E-state index is 13.0. The highest BCUT2D eigenvalue weighted by Gasteiger charge is 2.70. The Bertz CT molecular complexity index is 745. The maximum atomic E-state index is 13.0. The van der Waals surface area contributed by atoms with Crippen molar-refractivity contribution in [2.45, 2.75) is 51.2 Å². The van der Waals surface area contributed by atoms with Crippen molar-refractivity contribution in [1.82, 2.24) is 0 Å². The summed E-state index contributed by atoms with van der Waals surface area (Å²) >= 11 is 0.